The highest BCUT2D eigenvalue weighted by Gasteiger charge is 2.44. The molecule has 8 nitrogen and oxygen atoms in total. The van der Waals surface area contributed by atoms with Gasteiger partial charge in [-0.2, -0.15) is 18.3 Å². The maximum Gasteiger partial charge on any atom is 0.409 e. The number of hydrogen-bond acceptors (Lipinski definition) is 4. The molecule has 0 aromatic carbocycles. The van der Waals surface area contributed by atoms with Gasteiger partial charge in [-0.05, 0) is 0 Å². The van der Waals surface area contributed by atoms with Gasteiger partial charge in [-0.1, -0.05) is 0 Å². The van der Waals surface area contributed by atoms with Crippen LogP contribution < -0.4 is 10.6 Å². The van der Waals surface area contributed by atoms with Gasteiger partial charge >= 0.3 is 12.2 Å². The molecule has 1 rings (SSSR count). The minimum Gasteiger partial charge on any atom is -0.325 e. The van der Waals surface area contributed by atoms with Gasteiger partial charge in [0, 0.05) is 27.3 Å². The molecule has 0 radical (unpaired) electrons. The molecule has 0 fully saturated rings. The summed E-state index contributed by atoms with van der Waals surface area (Å²) in [4.78, 5) is 11.7. The van der Waals surface area contributed by atoms with E-state index in [1.54, 1.807) is 0 Å². The van der Waals surface area contributed by atoms with Crippen LogP contribution >= 0.6 is 0 Å². The molecule has 2 amide bonds. The Hall–Kier alpha value is -1.96. The lowest BCUT2D eigenvalue weighted by molar-refractivity contribution is -0.147. The van der Waals surface area contributed by atoms with Crippen molar-refractivity contribution in [1.29, 1.82) is 0 Å². The summed E-state index contributed by atoms with van der Waals surface area (Å²) >= 11 is 0. The van der Waals surface area contributed by atoms with E-state index in [0.29, 0.717) is 4.31 Å². The molecule has 1 aromatic rings. The van der Waals surface area contributed by atoms with Gasteiger partial charge in [-0.25, -0.2) is 26.3 Å². The number of nitrogens with zero attached hydrogens (tertiary/aromatic N) is 3. The Balaban J connectivity index is 2.94. The number of aromatic nitrogens is 2. The third-order valence-electron chi connectivity index (χ3n) is 2.95. The Kier molecular flexibility index (Phi) is 6.33. The first-order valence-corrected chi connectivity index (χ1v) is 8.21. The monoisotopic (exact) mass is 393 g/mol. The van der Waals surface area contributed by atoms with Crippen LogP contribution in [0, 0.1) is 0 Å². The number of aryl methyl sites for hydroxylation is 1. The number of carbonyl (C=O) groups excluding carboxylic acids is 1. The highest BCUT2D eigenvalue weighted by molar-refractivity contribution is 7.89. The van der Waals surface area contributed by atoms with Crippen LogP contribution in [0.4, 0.5) is 32.4 Å². The predicted molar refractivity (Wildman–Crippen MR) is 77.6 cm³/mol. The summed E-state index contributed by atoms with van der Waals surface area (Å²) in [6, 6.07) is -4.22. The molecule has 0 spiro atoms. The number of amides is 2. The van der Waals surface area contributed by atoms with Crippen molar-refractivity contribution < 1.29 is 35.2 Å². The van der Waals surface area contributed by atoms with E-state index in [9.17, 15) is 35.2 Å². The molecule has 1 aromatic heterocycles. The van der Waals surface area contributed by atoms with E-state index >= 15 is 0 Å². The van der Waals surface area contributed by atoms with Crippen molar-refractivity contribution in [3.63, 3.8) is 0 Å². The van der Waals surface area contributed by atoms with Crippen molar-refractivity contribution >= 4 is 21.7 Å². The molecule has 144 valence electrons. The van der Waals surface area contributed by atoms with Crippen LogP contribution in [0.3, 0.4) is 0 Å². The summed E-state index contributed by atoms with van der Waals surface area (Å²) in [6.45, 7) is 0. The molecule has 25 heavy (non-hydrogen) atoms. The van der Waals surface area contributed by atoms with Crippen molar-refractivity contribution in [3.8, 4) is 0 Å². The fourth-order valence-electron chi connectivity index (χ4n) is 1.66. The topological polar surface area (TPSA) is 96.3 Å². The molecule has 1 unspecified atom stereocenters. The molecule has 0 saturated heterocycles. The summed E-state index contributed by atoms with van der Waals surface area (Å²) < 4.78 is 89.1. The van der Waals surface area contributed by atoms with E-state index in [2.05, 4.69) is 5.10 Å². The molecule has 0 aliphatic rings. The number of anilines is 1. The van der Waals surface area contributed by atoms with Gasteiger partial charge in [0.05, 0.1) is 11.4 Å². The van der Waals surface area contributed by atoms with Crippen LogP contribution in [0.1, 0.15) is 12.1 Å². The molecule has 1 heterocycles. The van der Waals surface area contributed by atoms with E-state index in [0.717, 1.165) is 25.0 Å². The van der Waals surface area contributed by atoms with Crippen molar-refractivity contribution in [2.24, 2.45) is 7.05 Å². The summed E-state index contributed by atoms with van der Waals surface area (Å²) in [7, 11) is -0.937. The van der Waals surface area contributed by atoms with E-state index in [1.807, 2.05) is 5.32 Å². The third-order valence-corrected chi connectivity index (χ3v) is 4.81. The SMILES string of the molecule is CN(C)S(=O)(=O)CC(NC(=O)Nc1cn(C)nc1C(F)F)C(F)(F)F. The van der Waals surface area contributed by atoms with Crippen LogP contribution in [-0.4, -0.2) is 60.6 Å². The van der Waals surface area contributed by atoms with Gasteiger partial charge in [0.1, 0.15) is 6.04 Å². The standard InChI is InChI=1S/C11H16F5N5O3S/c1-20(2)25(23,24)5-7(11(14,15)16)18-10(22)17-6-4-21(3)19-8(6)9(12)13/h4,7,9H,5H2,1-3H3,(H2,17,18,22). The maximum atomic E-state index is 13.0. The van der Waals surface area contributed by atoms with Gasteiger partial charge in [-0.15, -0.1) is 0 Å². The van der Waals surface area contributed by atoms with Crippen LogP contribution in [-0.2, 0) is 17.1 Å². The Bertz CT molecular complexity index is 716. The van der Waals surface area contributed by atoms with Crippen molar-refractivity contribution in [2.75, 3.05) is 25.2 Å². The molecule has 0 saturated carbocycles. The zero-order chi connectivity index (χ0) is 19.6. The second kappa shape index (κ2) is 7.51. The van der Waals surface area contributed by atoms with Gasteiger partial charge in [-0.3, -0.25) is 4.68 Å². The third kappa shape index (κ3) is 5.81. The van der Waals surface area contributed by atoms with Crippen LogP contribution in [0.2, 0.25) is 0 Å². The maximum absolute atomic E-state index is 13.0. The minimum absolute atomic E-state index is 0.494. The average Bonchev–Trinajstić information content (AvgIpc) is 2.77. The van der Waals surface area contributed by atoms with E-state index in [1.165, 1.54) is 12.4 Å². The predicted octanol–water partition coefficient (Wildman–Crippen LogP) is 1.30. The molecule has 0 aliphatic heterocycles. The highest BCUT2D eigenvalue weighted by atomic mass is 32.2. The second-order valence-electron chi connectivity index (χ2n) is 5.16. The van der Waals surface area contributed by atoms with E-state index < -0.39 is 51.8 Å². The molecule has 14 heteroatoms. The summed E-state index contributed by atoms with van der Waals surface area (Å²) in [6.07, 6.45) is -7.16. The number of carbonyl (C=O) groups is 1. The minimum atomic E-state index is -5.07. The summed E-state index contributed by atoms with van der Waals surface area (Å²) in [5.41, 5.74) is -1.33. The molecule has 0 bridgehead atoms. The van der Waals surface area contributed by atoms with Crippen LogP contribution in [0.5, 0.6) is 0 Å². The Morgan fingerprint density at radius 1 is 1.36 bits per heavy atom. The number of nitrogens with one attached hydrogen (secondary N) is 2. The average molecular weight is 393 g/mol. The van der Waals surface area contributed by atoms with Gasteiger partial charge in [0.15, 0.2) is 5.69 Å². The zero-order valence-electron chi connectivity index (χ0n) is 13.3. The normalized spacial score (nSPS) is 14.0. The van der Waals surface area contributed by atoms with E-state index in [4.69, 9.17) is 0 Å². The first kappa shape index (κ1) is 21.1. The number of rotatable bonds is 6. The first-order valence-electron chi connectivity index (χ1n) is 6.60. The smallest absolute Gasteiger partial charge is 0.325 e. The zero-order valence-corrected chi connectivity index (χ0v) is 14.1. The Morgan fingerprint density at radius 2 is 1.92 bits per heavy atom. The van der Waals surface area contributed by atoms with Crippen molar-refractivity contribution in [2.45, 2.75) is 18.6 Å². The number of sulfonamides is 1. The highest BCUT2D eigenvalue weighted by Crippen LogP contribution is 2.26. The molecule has 0 aliphatic carbocycles. The Labute approximate surface area is 140 Å². The molecule has 2 N–H and O–H groups in total. The largest absolute Gasteiger partial charge is 0.409 e. The summed E-state index contributed by atoms with van der Waals surface area (Å²) in [5, 5.41) is 6.61. The Morgan fingerprint density at radius 3 is 2.36 bits per heavy atom. The lowest BCUT2D eigenvalue weighted by Gasteiger charge is -2.23. The van der Waals surface area contributed by atoms with Crippen LogP contribution in [0.25, 0.3) is 0 Å². The number of alkyl halides is 5. The quantitative estimate of drug-likeness (QED) is 0.712. The molecular formula is C11H16F5N5O3S. The number of urea groups is 1. The lowest BCUT2D eigenvalue weighted by atomic mass is 10.3. The van der Waals surface area contributed by atoms with Crippen molar-refractivity contribution in [3.05, 3.63) is 11.9 Å². The summed E-state index contributed by atoms with van der Waals surface area (Å²) in [5.74, 6) is -1.44. The number of halogens is 5. The van der Waals surface area contributed by atoms with Crippen molar-refractivity contribution in [1.82, 2.24) is 19.4 Å². The van der Waals surface area contributed by atoms with Gasteiger partial charge in [0.2, 0.25) is 10.0 Å². The lowest BCUT2D eigenvalue weighted by Crippen LogP contribution is -2.52. The molecule has 1 atom stereocenters. The second-order valence-corrected chi connectivity index (χ2v) is 7.38. The van der Waals surface area contributed by atoms with Gasteiger partial charge < -0.3 is 10.6 Å². The van der Waals surface area contributed by atoms with Gasteiger partial charge in [0.25, 0.3) is 6.43 Å². The molecular weight excluding hydrogens is 377 g/mol. The fraction of sp³-hybridized carbons (Fsp3) is 0.636. The fourth-order valence-corrected chi connectivity index (χ4v) is 2.65. The van der Waals surface area contributed by atoms with E-state index in [-0.39, 0.29) is 0 Å². The first-order chi connectivity index (χ1) is 11.2. The van der Waals surface area contributed by atoms with Crippen LogP contribution in [0.15, 0.2) is 6.20 Å². The number of hydrogen-bond donors (Lipinski definition) is 2.